The molecule has 9 heteroatoms. The van der Waals surface area contributed by atoms with Gasteiger partial charge in [-0.3, -0.25) is 4.79 Å². The monoisotopic (exact) mass is 455 g/mol. The van der Waals surface area contributed by atoms with E-state index in [1.54, 1.807) is 36.4 Å². The van der Waals surface area contributed by atoms with Crippen molar-refractivity contribution in [3.63, 3.8) is 0 Å². The van der Waals surface area contributed by atoms with Gasteiger partial charge in [0.25, 0.3) is 5.91 Å². The van der Waals surface area contributed by atoms with Crippen LogP contribution in [0.5, 0.6) is 5.75 Å². The van der Waals surface area contributed by atoms with Crippen molar-refractivity contribution in [1.29, 1.82) is 0 Å². The van der Waals surface area contributed by atoms with Crippen LogP contribution < -0.4 is 20.7 Å². The van der Waals surface area contributed by atoms with Gasteiger partial charge < -0.3 is 25.8 Å². The number of amides is 3. The highest BCUT2D eigenvalue weighted by Crippen LogP contribution is 2.25. The summed E-state index contributed by atoms with van der Waals surface area (Å²) in [6.45, 7) is 0.301. The van der Waals surface area contributed by atoms with Crippen molar-refractivity contribution in [2.24, 2.45) is 0 Å². The number of methoxy groups -OCH3 is 1. The Kier molecular flexibility index (Phi) is 7.90. The summed E-state index contributed by atoms with van der Waals surface area (Å²) in [5.74, 6) is 0.120. The molecule has 144 valence electrons. The van der Waals surface area contributed by atoms with Crippen molar-refractivity contribution in [3.05, 3.63) is 51.5 Å². The fourth-order valence-electron chi connectivity index (χ4n) is 2.24. The second kappa shape index (κ2) is 10.1. The molecule has 3 amide bonds. The summed E-state index contributed by atoms with van der Waals surface area (Å²) < 4.78 is 5.88. The Hall–Kier alpha value is -2.29. The van der Waals surface area contributed by atoms with Crippen LogP contribution in [0.25, 0.3) is 0 Å². The lowest BCUT2D eigenvalue weighted by molar-refractivity contribution is 0.0952. The fourth-order valence-corrected chi connectivity index (χ4v) is 3.10. The van der Waals surface area contributed by atoms with Crippen LogP contribution in [0.15, 0.2) is 40.9 Å². The molecule has 2 aromatic rings. The Morgan fingerprint density at radius 3 is 2.63 bits per heavy atom. The third-order valence-electron chi connectivity index (χ3n) is 3.46. The van der Waals surface area contributed by atoms with Crippen LogP contribution >= 0.6 is 27.5 Å². The normalized spacial score (nSPS) is 10.2. The molecule has 4 N–H and O–H groups in total. The largest absolute Gasteiger partial charge is 0.497 e. The van der Waals surface area contributed by atoms with Crippen molar-refractivity contribution in [1.82, 2.24) is 5.32 Å². The van der Waals surface area contributed by atoms with Crippen LogP contribution in [-0.4, -0.2) is 37.3 Å². The van der Waals surface area contributed by atoms with E-state index in [4.69, 9.17) is 21.4 Å². The molecule has 0 aliphatic carbocycles. The van der Waals surface area contributed by atoms with E-state index in [1.165, 1.54) is 7.11 Å². The van der Waals surface area contributed by atoms with Gasteiger partial charge >= 0.3 is 6.03 Å². The zero-order chi connectivity index (χ0) is 19.8. The molecule has 0 saturated carbocycles. The Morgan fingerprint density at radius 2 is 1.96 bits per heavy atom. The van der Waals surface area contributed by atoms with Crippen molar-refractivity contribution in [2.45, 2.75) is 6.42 Å². The minimum absolute atomic E-state index is 0.0222. The minimum atomic E-state index is -0.540. The third-order valence-corrected chi connectivity index (χ3v) is 4.14. The van der Waals surface area contributed by atoms with Gasteiger partial charge in [0.05, 0.1) is 18.4 Å². The molecule has 0 fully saturated rings. The Labute approximate surface area is 170 Å². The number of hydrogen-bond acceptors (Lipinski definition) is 4. The van der Waals surface area contributed by atoms with Crippen LogP contribution in [0.2, 0.25) is 5.02 Å². The first kappa shape index (κ1) is 21.0. The lowest BCUT2D eigenvalue weighted by atomic mass is 10.1. The van der Waals surface area contributed by atoms with E-state index < -0.39 is 6.03 Å². The Balaban J connectivity index is 2.17. The van der Waals surface area contributed by atoms with Gasteiger partial charge in [-0.15, -0.1) is 0 Å². The maximum absolute atomic E-state index is 12.4. The SMILES string of the molecule is COc1ccc(C(=O)NCCCO)c(NC(=O)Nc2cc(Cl)cc(Br)c2)c1. The van der Waals surface area contributed by atoms with E-state index in [1.807, 2.05) is 0 Å². The van der Waals surface area contributed by atoms with Gasteiger partial charge in [0, 0.05) is 34.4 Å². The predicted octanol–water partition coefficient (Wildman–Crippen LogP) is 3.87. The molecule has 0 radical (unpaired) electrons. The standard InChI is InChI=1S/C18H19BrClN3O4/c1-27-14-3-4-15(17(25)21-5-2-6-24)16(10-14)23-18(26)22-13-8-11(19)7-12(20)9-13/h3-4,7-10,24H,2,5-6H2,1H3,(H,21,25)(H2,22,23,26). The summed E-state index contributed by atoms with van der Waals surface area (Å²) >= 11 is 9.28. The number of carbonyl (C=O) groups is 2. The van der Waals surface area contributed by atoms with Gasteiger partial charge in [0.2, 0.25) is 0 Å². The maximum atomic E-state index is 12.4. The summed E-state index contributed by atoms with van der Waals surface area (Å²) in [4.78, 5) is 24.7. The van der Waals surface area contributed by atoms with Crippen molar-refractivity contribution < 1.29 is 19.4 Å². The third kappa shape index (κ3) is 6.42. The number of urea groups is 1. The highest BCUT2D eigenvalue weighted by Gasteiger charge is 2.15. The molecule has 0 unspecified atom stereocenters. The van der Waals surface area contributed by atoms with E-state index >= 15 is 0 Å². The van der Waals surface area contributed by atoms with Crippen LogP contribution in [0.1, 0.15) is 16.8 Å². The number of aliphatic hydroxyl groups excluding tert-OH is 1. The van der Waals surface area contributed by atoms with Gasteiger partial charge in [-0.05, 0) is 36.8 Å². The molecule has 0 aromatic heterocycles. The van der Waals surface area contributed by atoms with E-state index in [9.17, 15) is 9.59 Å². The number of ether oxygens (including phenoxy) is 1. The smallest absolute Gasteiger partial charge is 0.323 e. The quantitative estimate of drug-likeness (QED) is 0.475. The molecule has 0 spiro atoms. The number of benzene rings is 2. The van der Waals surface area contributed by atoms with E-state index in [0.29, 0.717) is 29.4 Å². The van der Waals surface area contributed by atoms with Gasteiger partial charge in [-0.25, -0.2) is 4.79 Å². The fraction of sp³-hybridized carbons (Fsp3) is 0.222. The Morgan fingerprint density at radius 1 is 1.19 bits per heavy atom. The number of rotatable bonds is 7. The van der Waals surface area contributed by atoms with Crippen LogP contribution in [0.4, 0.5) is 16.2 Å². The first-order valence-electron chi connectivity index (χ1n) is 8.04. The average Bonchev–Trinajstić information content (AvgIpc) is 2.60. The molecule has 0 heterocycles. The second-order valence-corrected chi connectivity index (χ2v) is 6.83. The minimum Gasteiger partial charge on any atom is -0.497 e. The van der Waals surface area contributed by atoms with Crippen LogP contribution in [-0.2, 0) is 0 Å². The first-order valence-corrected chi connectivity index (χ1v) is 9.21. The predicted molar refractivity (Wildman–Crippen MR) is 109 cm³/mol. The van der Waals surface area contributed by atoms with Gasteiger partial charge in [0.15, 0.2) is 0 Å². The summed E-state index contributed by atoms with van der Waals surface area (Å²) in [6, 6.07) is 9.17. The zero-order valence-electron chi connectivity index (χ0n) is 14.5. The molecule has 2 rings (SSSR count). The maximum Gasteiger partial charge on any atom is 0.323 e. The van der Waals surface area contributed by atoms with E-state index in [2.05, 4.69) is 31.9 Å². The number of nitrogens with one attached hydrogen (secondary N) is 3. The van der Waals surface area contributed by atoms with Gasteiger partial charge in [-0.2, -0.15) is 0 Å². The lowest BCUT2D eigenvalue weighted by Crippen LogP contribution is -2.27. The molecule has 0 aliphatic rings. The van der Waals surface area contributed by atoms with Gasteiger partial charge in [-0.1, -0.05) is 27.5 Å². The van der Waals surface area contributed by atoms with Crippen LogP contribution in [0, 0.1) is 0 Å². The average molecular weight is 457 g/mol. The molecular weight excluding hydrogens is 438 g/mol. The number of hydrogen-bond donors (Lipinski definition) is 4. The molecule has 0 saturated heterocycles. The van der Waals surface area contributed by atoms with Crippen molar-refractivity contribution >= 4 is 50.8 Å². The zero-order valence-corrected chi connectivity index (χ0v) is 16.9. The molecule has 0 bridgehead atoms. The Bertz CT molecular complexity index is 812. The highest BCUT2D eigenvalue weighted by atomic mass is 79.9. The molecule has 0 aliphatic heterocycles. The molecular formula is C18H19BrClN3O4. The first-order chi connectivity index (χ1) is 12.9. The molecule has 0 atom stereocenters. The molecule has 27 heavy (non-hydrogen) atoms. The summed E-state index contributed by atoms with van der Waals surface area (Å²) in [5.41, 5.74) is 1.05. The van der Waals surface area contributed by atoms with E-state index in [0.717, 1.165) is 4.47 Å². The van der Waals surface area contributed by atoms with E-state index in [-0.39, 0.29) is 23.8 Å². The topological polar surface area (TPSA) is 99.7 Å². The lowest BCUT2D eigenvalue weighted by Gasteiger charge is -2.14. The summed E-state index contributed by atoms with van der Waals surface area (Å²) in [5, 5.41) is 17.3. The molecule has 2 aromatic carbocycles. The second-order valence-electron chi connectivity index (χ2n) is 5.48. The number of carbonyl (C=O) groups excluding carboxylic acids is 2. The molecule has 7 nitrogen and oxygen atoms in total. The number of anilines is 2. The number of aliphatic hydroxyl groups is 1. The number of halogens is 2. The van der Waals surface area contributed by atoms with Crippen LogP contribution in [0.3, 0.4) is 0 Å². The van der Waals surface area contributed by atoms with Crippen molar-refractivity contribution in [2.75, 3.05) is 30.9 Å². The highest BCUT2D eigenvalue weighted by molar-refractivity contribution is 9.10. The van der Waals surface area contributed by atoms with Gasteiger partial charge in [0.1, 0.15) is 5.75 Å². The summed E-state index contributed by atoms with van der Waals surface area (Å²) in [6.07, 6.45) is 0.439. The van der Waals surface area contributed by atoms with Crippen molar-refractivity contribution in [3.8, 4) is 5.75 Å². The summed E-state index contributed by atoms with van der Waals surface area (Å²) in [7, 11) is 1.49.